The second-order valence-electron chi connectivity index (χ2n) is 9.18. The molecule has 1 saturated carbocycles. The Bertz CT molecular complexity index is 1600. The van der Waals surface area contributed by atoms with Gasteiger partial charge in [-0.25, -0.2) is 19.7 Å². The van der Waals surface area contributed by atoms with Crippen LogP contribution in [0.4, 0.5) is 5.13 Å². The molecular formula is C27H25N5O2S. The average molecular weight is 484 g/mol. The zero-order valence-corrected chi connectivity index (χ0v) is 20.2. The summed E-state index contributed by atoms with van der Waals surface area (Å²) in [7, 11) is 0. The molecule has 3 aromatic heterocycles. The molecule has 0 spiro atoms. The Morgan fingerprint density at radius 2 is 1.83 bits per heavy atom. The molecule has 1 aliphatic rings. The maximum atomic E-state index is 11.6. The Labute approximate surface area is 206 Å². The molecule has 0 saturated heterocycles. The van der Waals surface area contributed by atoms with Crippen LogP contribution in [0.2, 0.25) is 0 Å². The summed E-state index contributed by atoms with van der Waals surface area (Å²) < 4.78 is 2.33. The SMILES string of the molecule is Cc1nc(N)sc1-c1ccc2cc(-c3nc4cc(C(=O)O)ccc4n3C3CCCCC3)ccc2n1. The lowest BCUT2D eigenvalue weighted by atomic mass is 9.94. The van der Waals surface area contributed by atoms with Crippen molar-refractivity contribution in [1.29, 1.82) is 0 Å². The van der Waals surface area contributed by atoms with E-state index in [0.717, 1.165) is 62.4 Å². The first kappa shape index (κ1) is 21.7. The first-order valence-electron chi connectivity index (χ1n) is 11.9. The van der Waals surface area contributed by atoms with Crippen LogP contribution in [-0.2, 0) is 0 Å². The molecule has 8 heteroatoms. The number of rotatable bonds is 4. The molecule has 0 radical (unpaired) electrons. The smallest absolute Gasteiger partial charge is 0.335 e. The van der Waals surface area contributed by atoms with Gasteiger partial charge in [0.05, 0.1) is 38.4 Å². The van der Waals surface area contributed by atoms with Gasteiger partial charge < -0.3 is 15.4 Å². The Morgan fingerprint density at radius 1 is 1.00 bits per heavy atom. The lowest BCUT2D eigenvalue weighted by Crippen LogP contribution is -2.14. The van der Waals surface area contributed by atoms with Gasteiger partial charge in [-0.3, -0.25) is 0 Å². The van der Waals surface area contributed by atoms with Gasteiger partial charge in [0, 0.05) is 17.0 Å². The van der Waals surface area contributed by atoms with E-state index < -0.39 is 5.97 Å². The molecule has 6 rings (SSSR count). The summed E-state index contributed by atoms with van der Waals surface area (Å²) in [5, 5.41) is 11.0. The number of benzene rings is 2. The molecule has 7 nitrogen and oxygen atoms in total. The highest BCUT2D eigenvalue weighted by Gasteiger charge is 2.23. The van der Waals surface area contributed by atoms with E-state index in [1.54, 1.807) is 12.1 Å². The number of fused-ring (bicyclic) bond motifs is 2. The van der Waals surface area contributed by atoms with Crippen LogP contribution in [0.5, 0.6) is 0 Å². The lowest BCUT2D eigenvalue weighted by Gasteiger charge is -2.25. The van der Waals surface area contributed by atoms with Gasteiger partial charge in [0.25, 0.3) is 0 Å². The standard InChI is InChI=1S/C27H25N5O2S/c1-15-24(35-27(28)29-15)21-11-7-16-13-17(8-10-20(16)30-21)25-31-22-14-18(26(33)34)9-12-23(22)32(25)19-5-3-2-4-6-19/h7-14,19H,2-6H2,1H3,(H2,28,29)(H,33,34). The fourth-order valence-electron chi connectivity index (χ4n) is 5.19. The number of aromatic carboxylic acids is 1. The molecule has 1 fully saturated rings. The molecule has 0 unspecified atom stereocenters. The topological polar surface area (TPSA) is 107 Å². The van der Waals surface area contributed by atoms with Crippen LogP contribution in [0.15, 0.2) is 48.5 Å². The third-order valence-corrected chi connectivity index (χ3v) is 7.88. The largest absolute Gasteiger partial charge is 0.478 e. The van der Waals surface area contributed by atoms with Crippen molar-refractivity contribution in [3.05, 3.63) is 59.8 Å². The van der Waals surface area contributed by atoms with E-state index in [4.69, 9.17) is 15.7 Å². The van der Waals surface area contributed by atoms with Gasteiger partial charge in [0.15, 0.2) is 5.13 Å². The molecule has 0 atom stereocenters. The number of nitrogens with two attached hydrogens (primary N) is 1. The number of anilines is 1. The van der Waals surface area contributed by atoms with Crippen molar-refractivity contribution in [2.45, 2.75) is 45.1 Å². The first-order valence-corrected chi connectivity index (χ1v) is 12.7. The van der Waals surface area contributed by atoms with E-state index in [1.165, 1.54) is 30.6 Å². The number of nitrogens with zero attached hydrogens (tertiary/aromatic N) is 4. The fraction of sp³-hybridized carbons (Fsp3) is 0.259. The molecule has 2 aromatic carbocycles. The Balaban J connectivity index is 1.48. The molecule has 1 aliphatic carbocycles. The summed E-state index contributed by atoms with van der Waals surface area (Å²) in [5.41, 5.74) is 11.5. The van der Waals surface area contributed by atoms with Crippen molar-refractivity contribution < 1.29 is 9.90 Å². The van der Waals surface area contributed by atoms with Gasteiger partial charge in [-0.1, -0.05) is 36.7 Å². The maximum absolute atomic E-state index is 11.6. The first-order chi connectivity index (χ1) is 17.0. The van der Waals surface area contributed by atoms with Gasteiger partial charge in [0.2, 0.25) is 0 Å². The molecule has 0 bridgehead atoms. The van der Waals surface area contributed by atoms with Crippen molar-refractivity contribution in [1.82, 2.24) is 19.5 Å². The number of carboxylic acids is 1. The molecule has 0 amide bonds. The van der Waals surface area contributed by atoms with Crippen molar-refractivity contribution in [2.75, 3.05) is 5.73 Å². The molecule has 0 aliphatic heterocycles. The summed E-state index contributed by atoms with van der Waals surface area (Å²) in [6.45, 7) is 1.95. The van der Waals surface area contributed by atoms with Crippen LogP contribution < -0.4 is 5.73 Å². The van der Waals surface area contributed by atoms with Crippen LogP contribution in [0.25, 0.3) is 43.9 Å². The van der Waals surface area contributed by atoms with Crippen LogP contribution >= 0.6 is 11.3 Å². The minimum absolute atomic E-state index is 0.256. The number of thiazole rings is 1. The van der Waals surface area contributed by atoms with Gasteiger partial charge >= 0.3 is 5.97 Å². The molecule has 35 heavy (non-hydrogen) atoms. The Morgan fingerprint density at radius 3 is 2.57 bits per heavy atom. The minimum Gasteiger partial charge on any atom is -0.478 e. The molecule has 3 heterocycles. The van der Waals surface area contributed by atoms with E-state index in [0.29, 0.717) is 11.2 Å². The van der Waals surface area contributed by atoms with Crippen molar-refractivity contribution in [3.8, 4) is 22.0 Å². The zero-order valence-electron chi connectivity index (χ0n) is 19.4. The van der Waals surface area contributed by atoms with Gasteiger partial charge in [-0.05, 0) is 62.2 Å². The maximum Gasteiger partial charge on any atom is 0.335 e. The number of aryl methyl sites for hydroxylation is 1. The van der Waals surface area contributed by atoms with E-state index >= 15 is 0 Å². The Hall–Kier alpha value is -3.78. The number of nitrogen functional groups attached to an aromatic ring is 1. The quantitative estimate of drug-likeness (QED) is 0.303. The van der Waals surface area contributed by atoms with Crippen LogP contribution in [0.3, 0.4) is 0 Å². The van der Waals surface area contributed by atoms with E-state index in [9.17, 15) is 9.90 Å². The monoisotopic (exact) mass is 483 g/mol. The summed E-state index contributed by atoms with van der Waals surface area (Å²) in [6.07, 6.45) is 5.87. The summed E-state index contributed by atoms with van der Waals surface area (Å²) >= 11 is 1.45. The van der Waals surface area contributed by atoms with Gasteiger partial charge in [-0.2, -0.15) is 0 Å². The van der Waals surface area contributed by atoms with E-state index in [2.05, 4.69) is 27.8 Å². The van der Waals surface area contributed by atoms with Gasteiger partial charge in [0.1, 0.15) is 5.82 Å². The highest BCUT2D eigenvalue weighted by Crippen LogP contribution is 2.37. The van der Waals surface area contributed by atoms with Crippen molar-refractivity contribution in [2.24, 2.45) is 0 Å². The lowest BCUT2D eigenvalue weighted by molar-refractivity contribution is 0.0697. The number of pyridine rings is 1. The van der Waals surface area contributed by atoms with Crippen molar-refractivity contribution >= 4 is 44.4 Å². The second kappa shape index (κ2) is 8.46. The van der Waals surface area contributed by atoms with Gasteiger partial charge in [-0.15, -0.1) is 0 Å². The normalized spacial score (nSPS) is 14.7. The third-order valence-electron chi connectivity index (χ3n) is 6.87. The van der Waals surface area contributed by atoms with E-state index in [-0.39, 0.29) is 5.56 Å². The number of imidazole rings is 1. The minimum atomic E-state index is -0.939. The number of carboxylic acid groups (broad SMARTS) is 1. The number of carbonyl (C=O) groups is 1. The molecular weight excluding hydrogens is 458 g/mol. The number of hydrogen-bond acceptors (Lipinski definition) is 6. The third kappa shape index (κ3) is 3.83. The summed E-state index contributed by atoms with van der Waals surface area (Å²) in [5.74, 6) is -0.0577. The van der Waals surface area contributed by atoms with Crippen LogP contribution in [-0.4, -0.2) is 30.6 Å². The van der Waals surface area contributed by atoms with Crippen LogP contribution in [0.1, 0.15) is 54.2 Å². The highest BCUT2D eigenvalue weighted by molar-refractivity contribution is 7.18. The predicted octanol–water partition coefficient (Wildman–Crippen LogP) is 6.47. The molecule has 3 N–H and O–H groups in total. The summed E-state index contributed by atoms with van der Waals surface area (Å²) in [4.78, 5) is 26.7. The fourth-order valence-corrected chi connectivity index (χ4v) is 5.99. The molecule has 176 valence electrons. The average Bonchev–Trinajstić information content (AvgIpc) is 3.42. The number of aromatic nitrogens is 4. The van der Waals surface area contributed by atoms with Crippen molar-refractivity contribution in [3.63, 3.8) is 0 Å². The predicted molar refractivity (Wildman–Crippen MR) is 140 cm³/mol. The summed E-state index contributed by atoms with van der Waals surface area (Å²) in [6, 6.07) is 15.9. The zero-order chi connectivity index (χ0) is 24.1. The molecule has 5 aromatic rings. The Kier molecular flexibility index (Phi) is 5.25. The van der Waals surface area contributed by atoms with E-state index in [1.807, 2.05) is 25.1 Å². The van der Waals surface area contributed by atoms with Crippen LogP contribution in [0, 0.1) is 6.92 Å². The highest BCUT2D eigenvalue weighted by atomic mass is 32.1. The number of hydrogen-bond donors (Lipinski definition) is 2. The second-order valence-corrected chi connectivity index (χ2v) is 10.2.